The summed E-state index contributed by atoms with van der Waals surface area (Å²) in [7, 11) is 0. The lowest BCUT2D eigenvalue weighted by molar-refractivity contribution is -0.160. The predicted octanol–water partition coefficient (Wildman–Crippen LogP) is 6.53. The highest BCUT2D eigenvalue weighted by atomic mass is 16.5. The molecule has 6 rings (SSSR count). The maximum absolute atomic E-state index is 12.9. The summed E-state index contributed by atoms with van der Waals surface area (Å²) in [5, 5.41) is 21.2. The van der Waals surface area contributed by atoms with E-state index >= 15 is 0 Å². The Morgan fingerprint density at radius 3 is 2.44 bits per heavy atom. The zero-order valence-corrected chi connectivity index (χ0v) is 28.8. The van der Waals surface area contributed by atoms with Crippen LogP contribution in [0.5, 0.6) is 0 Å². The third-order valence-corrected chi connectivity index (χ3v) is 9.40. The van der Waals surface area contributed by atoms with Crippen molar-refractivity contribution in [2.24, 2.45) is 5.41 Å². The molecular formula is C38H46N6O4. The standard InChI is InChI=1S/C38H46N6O4/c1-24-31(34(35(46)47)48-37(2,3)4)33(43-18-13-38(5,6)14-19-43)32(30(23-45)41-24)26-9-10-28-22-44(17-12-25(28)20-26)36-40-16-11-29(42-36)27-8-7-15-39-21-27/h7-11,15-16,20-21,34,45H,12-14,17-19,22-23H2,1-6H3,(H,46,47). The Bertz CT molecular complexity index is 1790. The van der Waals surface area contributed by atoms with Crippen molar-refractivity contribution in [1.29, 1.82) is 0 Å². The van der Waals surface area contributed by atoms with Crippen LogP contribution in [0.3, 0.4) is 0 Å². The van der Waals surface area contributed by atoms with E-state index in [4.69, 9.17) is 14.7 Å². The molecule has 1 aromatic carbocycles. The topological polar surface area (TPSA) is 125 Å². The minimum atomic E-state index is -1.22. The number of pyridine rings is 2. The van der Waals surface area contributed by atoms with E-state index in [1.165, 1.54) is 11.1 Å². The molecule has 0 saturated carbocycles. The minimum Gasteiger partial charge on any atom is -0.479 e. The van der Waals surface area contributed by atoms with Gasteiger partial charge in [-0.1, -0.05) is 32.0 Å². The van der Waals surface area contributed by atoms with Crippen LogP contribution in [0, 0.1) is 12.3 Å². The van der Waals surface area contributed by atoms with Crippen LogP contribution in [-0.2, 0) is 29.1 Å². The summed E-state index contributed by atoms with van der Waals surface area (Å²) < 4.78 is 6.23. The summed E-state index contributed by atoms with van der Waals surface area (Å²) in [6.45, 7) is 14.6. The number of aliphatic carboxylic acids is 1. The van der Waals surface area contributed by atoms with Gasteiger partial charge >= 0.3 is 5.97 Å². The first-order valence-electron chi connectivity index (χ1n) is 16.7. The fraction of sp³-hybridized carbons (Fsp3) is 0.447. The number of aliphatic hydroxyl groups is 1. The van der Waals surface area contributed by atoms with E-state index in [0.717, 1.165) is 67.0 Å². The maximum atomic E-state index is 12.9. The van der Waals surface area contributed by atoms with Gasteiger partial charge in [0.2, 0.25) is 5.95 Å². The molecule has 1 atom stereocenters. The molecule has 0 radical (unpaired) electrons. The number of rotatable bonds is 8. The van der Waals surface area contributed by atoms with Gasteiger partial charge in [0.25, 0.3) is 0 Å². The van der Waals surface area contributed by atoms with Gasteiger partial charge in [0.1, 0.15) is 0 Å². The average Bonchev–Trinajstić information content (AvgIpc) is 3.06. The summed E-state index contributed by atoms with van der Waals surface area (Å²) in [5.74, 6) is -0.383. The summed E-state index contributed by atoms with van der Waals surface area (Å²) in [6, 6.07) is 12.2. The van der Waals surface area contributed by atoms with Gasteiger partial charge in [-0.15, -0.1) is 0 Å². The Kier molecular flexibility index (Phi) is 9.24. The molecule has 4 aromatic rings. The van der Waals surface area contributed by atoms with E-state index in [0.29, 0.717) is 29.4 Å². The first-order valence-corrected chi connectivity index (χ1v) is 16.7. The van der Waals surface area contributed by atoms with Crippen LogP contribution in [0.15, 0.2) is 55.0 Å². The molecule has 10 nitrogen and oxygen atoms in total. The highest BCUT2D eigenvalue weighted by Gasteiger charge is 2.37. The number of aromatic nitrogens is 4. The first kappa shape index (κ1) is 33.5. The third kappa shape index (κ3) is 7.05. The van der Waals surface area contributed by atoms with Crippen molar-refractivity contribution >= 4 is 17.6 Å². The molecule has 0 bridgehead atoms. The van der Waals surface area contributed by atoms with Crippen molar-refractivity contribution in [3.63, 3.8) is 0 Å². The largest absolute Gasteiger partial charge is 0.479 e. The molecule has 1 fully saturated rings. The highest BCUT2D eigenvalue weighted by Crippen LogP contribution is 2.45. The maximum Gasteiger partial charge on any atom is 0.337 e. The van der Waals surface area contributed by atoms with Gasteiger partial charge in [-0.2, -0.15) is 0 Å². The molecule has 2 aliphatic rings. The Hall–Kier alpha value is -4.41. The normalized spacial score (nSPS) is 16.8. The van der Waals surface area contributed by atoms with Crippen LogP contribution in [0.4, 0.5) is 11.6 Å². The molecule has 3 aromatic heterocycles. The van der Waals surface area contributed by atoms with E-state index in [9.17, 15) is 15.0 Å². The molecular weight excluding hydrogens is 604 g/mol. The van der Waals surface area contributed by atoms with E-state index < -0.39 is 17.7 Å². The second-order valence-corrected chi connectivity index (χ2v) is 14.7. The minimum absolute atomic E-state index is 0.186. The van der Waals surface area contributed by atoms with Crippen molar-refractivity contribution in [1.82, 2.24) is 19.9 Å². The summed E-state index contributed by atoms with van der Waals surface area (Å²) in [4.78, 5) is 35.9. The highest BCUT2D eigenvalue weighted by molar-refractivity contribution is 5.88. The van der Waals surface area contributed by atoms with Crippen LogP contribution in [0.25, 0.3) is 22.4 Å². The van der Waals surface area contributed by atoms with Gasteiger partial charge in [-0.05, 0) is 87.3 Å². The smallest absolute Gasteiger partial charge is 0.337 e. The van der Waals surface area contributed by atoms with Crippen LogP contribution in [0.1, 0.15) is 81.6 Å². The number of hydrogen-bond acceptors (Lipinski definition) is 9. The molecule has 0 spiro atoms. The number of fused-ring (bicyclic) bond motifs is 1. The molecule has 252 valence electrons. The first-order chi connectivity index (χ1) is 22.8. The fourth-order valence-corrected chi connectivity index (χ4v) is 6.80. The number of carbonyl (C=O) groups is 1. The Labute approximate surface area is 282 Å². The van der Waals surface area contributed by atoms with Crippen molar-refractivity contribution < 1.29 is 19.7 Å². The molecule has 5 heterocycles. The summed E-state index contributed by atoms with van der Waals surface area (Å²) >= 11 is 0. The predicted molar refractivity (Wildman–Crippen MR) is 187 cm³/mol. The SMILES string of the molecule is Cc1nc(CO)c(-c2ccc3c(c2)CCN(c2nccc(-c4cccnc4)n2)C3)c(N2CCC(C)(C)CC2)c1C(OC(C)(C)C)C(=O)O. The summed E-state index contributed by atoms with van der Waals surface area (Å²) in [5.41, 5.74) is 7.77. The molecule has 0 aliphatic carbocycles. The van der Waals surface area contributed by atoms with Gasteiger partial charge < -0.3 is 24.7 Å². The summed E-state index contributed by atoms with van der Waals surface area (Å²) in [6.07, 6.45) is 6.83. The number of carboxylic acids is 1. The van der Waals surface area contributed by atoms with Crippen LogP contribution in [0.2, 0.25) is 0 Å². The molecule has 1 saturated heterocycles. The van der Waals surface area contributed by atoms with Crippen molar-refractivity contribution in [2.45, 2.75) is 85.7 Å². The lowest BCUT2D eigenvalue weighted by Crippen LogP contribution is -2.39. The van der Waals surface area contributed by atoms with E-state index in [1.54, 1.807) is 18.6 Å². The molecule has 2 N–H and O–H groups in total. The van der Waals surface area contributed by atoms with Gasteiger partial charge in [0.05, 0.1) is 29.3 Å². The number of nitrogens with zero attached hydrogens (tertiary/aromatic N) is 6. The molecule has 0 amide bonds. The zero-order chi connectivity index (χ0) is 34.2. The van der Waals surface area contributed by atoms with Gasteiger partial charge in [-0.3, -0.25) is 9.97 Å². The Morgan fingerprint density at radius 1 is 1.00 bits per heavy atom. The van der Waals surface area contributed by atoms with Crippen molar-refractivity contribution in [3.05, 3.63) is 83.1 Å². The van der Waals surface area contributed by atoms with Gasteiger partial charge in [-0.25, -0.2) is 14.8 Å². The average molecular weight is 651 g/mol. The number of aryl methyl sites for hydroxylation is 1. The Morgan fingerprint density at radius 2 is 1.77 bits per heavy atom. The van der Waals surface area contributed by atoms with Crippen molar-refractivity contribution in [3.8, 4) is 22.4 Å². The number of anilines is 2. The number of aliphatic hydroxyl groups excluding tert-OH is 1. The number of carboxylic acid groups (broad SMARTS) is 1. The second-order valence-electron chi connectivity index (χ2n) is 14.7. The third-order valence-electron chi connectivity index (χ3n) is 9.40. The Balaban J connectivity index is 1.42. The van der Waals surface area contributed by atoms with E-state index in [2.05, 4.69) is 51.8 Å². The quantitative estimate of drug-likeness (QED) is 0.217. The zero-order valence-electron chi connectivity index (χ0n) is 28.8. The van der Waals surface area contributed by atoms with Crippen LogP contribution < -0.4 is 9.80 Å². The number of benzene rings is 1. The van der Waals surface area contributed by atoms with Gasteiger partial charge in [0.15, 0.2) is 6.10 Å². The number of piperidine rings is 1. The molecule has 10 heteroatoms. The van der Waals surface area contributed by atoms with Gasteiger partial charge in [0, 0.05) is 67.2 Å². The second kappa shape index (κ2) is 13.2. The fourth-order valence-electron chi connectivity index (χ4n) is 6.80. The molecule has 48 heavy (non-hydrogen) atoms. The monoisotopic (exact) mass is 650 g/mol. The van der Waals surface area contributed by atoms with E-state index in [1.807, 2.05) is 45.9 Å². The molecule has 2 aliphatic heterocycles. The number of ether oxygens (including phenoxy) is 1. The lowest BCUT2D eigenvalue weighted by Gasteiger charge is -2.41. The van der Waals surface area contributed by atoms with E-state index in [-0.39, 0.29) is 12.0 Å². The number of hydrogen-bond donors (Lipinski definition) is 2. The molecule has 1 unspecified atom stereocenters. The van der Waals surface area contributed by atoms with Crippen molar-refractivity contribution in [2.75, 3.05) is 29.4 Å². The van der Waals surface area contributed by atoms with Crippen LogP contribution in [-0.4, -0.2) is 61.4 Å². The van der Waals surface area contributed by atoms with Crippen LogP contribution >= 0.6 is 0 Å². The lowest BCUT2D eigenvalue weighted by atomic mass is 9.81.